The Balaban J connectivity index is 1.29. The standard InChI is InChI=1S/C27H27N5OS2/c1-19-28-27-32(29-19)26(33)25(35-27)24(22-13-8-18-34-22)31-16-14-30(15-17-31)23(20-9-4-2-5-10-20)21-11-6-3-7-12-21/h2-13,18,23-24,33H,14-17H2,1H3/t24-/m0/s1. The van der Waals surface area contributed by atoms with E-state index in [1.165, 1.54) is 27.3 Å². The number of aromatic nitrogens is 3. The number of benzene rings is 2. The fourth-order valence-corrected chi connectivity index (χ4v) is 7.18. The molecule has 0 amide bonds. The van der Waals surface area contributed by atoms with Gasteiger partial charge in [0.05, 0.1) is 17.0 Å². The van der Waals surface area contributed by atoms with E-state index < -0.39 is 0 Å². The first-order valence-electron chi connectivity index (χ1n) is 11.9. The van der Waals surface area contributed by atoms with Crippen molar-refractivity contribution >= 4 is 27.6 Å². The summed E-state index contributed by atoms with van der Waals surface area (Å²) in [4.78, 5) is 12.5. The number of hydrogen-bond donors (Lipinski definition) is 1. The van der Waals surface area contributed by atoms with Crippen LogP contribution in [0.2, 0.25) is 0 Å². The highest BCUT2D eigenvalue weighted by Gasteiger charge is 2.34. The number of piperazine rings is 1. The number of fused-ring (bicyclic) bond motifs is 1. The summed E-state index contributed by atoms with van der Waals surface area (Å²) in [5, 5.41) is 17.6. The molecule has 1 saturated heterocycles. The number of thiophene rings is 1. The van der Waals surface area contributed by atoms with E-state index in [-0.39, 0.29) is 18.0 Å². The number of aryl methyl sites for hydroxylation is 1. The molecule has 0 aliphatic carbocycles. The lowest BCUT2D eigenvalue weighted by molar-refractivity contribution is 0.0908. The van der Waals surface area contributed by atoms with Gasteiger partial charge in [0.15, 0.2) is 0 Å². The van der Waals surface area contributed by atoms with Gasteiger partial charge in [-0.15, -0.1) is 16.4 Å². The number of thiazole rings is 1. The van der Waals surface area contributed by atoms with E-state index in [0.717, 1.165) is 36.0 Å². The molecule has 0 radical (unpaired) electrons. The number of rotatable bonds is 6. The number of aromatic hydroxyl groups is 1. The highest BCUT2D eigenvalue weighted by atomic mass is 32.1. The van der Waals surface area contributed by atoms with Crippen LogP contribution in [0.15, 0.2) is 78.2 Å². The summed E-state index contributed by atoms with van der Waals surface area (Å²) in [7, 11) is 0. The summed E-state index contributed by atoms with van der Waals surface area (Å²) >= 11 is 3.27. The van der Waals surface area contributed by atoms with Crippen molar-refractivity contribution in [1.82, 2.24) is 24.4 Å². The van der Waals surface area contributed by atoms with Gasteiger partial charge in [-0.25, -0.2) is 4.98 Å². The molecule has 1 aliphatic heterocycles. The van der Waals surface area contributed by atoms with Crippen LogP contribution in [-0.2, 0) is 0 Å². The summed E-state index contributed by atoms with van der Waals surface area (Å²) in [5.74, 6) is 0.880. The first kappa shape index (κ1) is 22.4. The first-order valence-corrected chi connectivity index (χ1v) is 13.5. The molecule has 0 saturated carbocycles. The molecule has 6 nitrogen and oxygen atoms in total. The van der Waals surface area contributed by atoms with Crippen LogP contribution in [0.5, 0.6) is 5.88 Å². The van der Waals surface area contributed by atoms with Crippen LogP contribution in [0.3, 0.4) is 0 Å². The number of nitrogens with zero attached hydrogens (tertiary/aromatic N) is 5. The Kier molecular flexibility index (Phi) is 6.12. The van der Waals surface area contributed by atoms with Crippen molar-refractivity contribution in [3.8, 4) is 5.88 Å². The molecule has 178 valence electrons. The van der Waals surface area contributed by atoms with Crippen LogP contribution < -0.4 is 0 Å². The minimum absolute atomic E-state index is 0.00198. The lowest BCUT2D eigenvalue weighted by Crippen LogP contribution is -2.48. The Hall–Kier alpha value is -3.04. The van der Waals surface area contributed by atoms with Crippen LogP contribution in [-0.4, -0.2) is 55.7 Å². The predicted octanol–water partition coefficient (Wildman–Crippen LogP) is 5.36. The fourth-order valence-electron chi connectivity index (χ4n) is 5.09. The second kappa shape index (κ2) is 9.54. The zero-order valence-electron chi connectivity index (χ0n) is 19.5. The Bertz CT molecular complexity index is 1350. The Morgan fingerprint density at radius 1 is 0.800 bits per heavy atom. The van der Waals surface area contributed by atoms with Crippen LogP contribution >= 0.6 is 22.7 Å². The van der Waals surface area contributed by atoms with Gasteiger partial charge in [-0.2, -0.15) is 4.52 Å². The van der Waals surface area contributed by atoms with Crippen molar-refractivity contribution in [3.63, 3.8) is 0 Å². The van der Waals surface area contributed by atoms with Gasteiger partial charge in [0.2, 0.25) is 10.8 Å². The lowest BCUT2D eigenvalue weighted by Gasteiger charge is -2.42. The monoisotopic (exact) mass is 501 g/mol. The molecule has 5 aromatic rings. The first-order chi connectivity index (χ1) is 17.2. The summed E-state index contributed by atoms with van der Waals surface area (Å²) in [6.07, 6.45) is 0. The molecule has 0 unspecified atom stereocenters. The second-order valence-corrected chi connectivity index (χ2v) is 10.8. The van der Waals surface area contributed by atoms with E-state index in [9.17, 15) is 5.11 Å². The molecular weight excluding hydrogens is 474 g/mol. The molecule has 1 fully saturated rings. The molecule has 0 bridgehead atoms. The van der Waals surface area contributed by atoms with Crippen LogP contribution in [0.25, 0.3) is 4.96 Å². The molecule has 1 atom stereocenters. The van der Waals surface area contributed by atoms with Crippen LogP contribution in [0.4, 0.5) is 0 Å². The average Bonchev–Trinajstić information content (AvgIpc) is 3.61. The maximum Gasteiger partial charge on any atom is 0.230 e. The van der Waals surface area contributed by atoms with Crippen molar-refractivity contribution < 1.29 is 5.11 Å². The molecule has 4 heterocycles. The van der Waals surface area contributed by atoms with Crippen molar-refractivity contribution in [3.05, 3.63) is 105 Å². The minimum atomic E-state index is -0.00198. The smallest absolute Gasteiger partial charge is 0.230 e. The third-order valence-corrected chi connectivity index (χ3v) is 8.67. The highest BCUT2D eigenvalue weighted by Crippen LogP contribution is 2.42. The molecular formula is C27H27N5OS2. The topological polar surface area (TPSA) is 56.9 Å². The van der Waals surface area contributed by atoms with Gasteiger partial charge in [0.1, 0.15) is 5.82 Å². The van der Waals surface area contributed by atoms with E-state index in [4.69, 9.17) is 0 Å². The molecule has 8 heteroatoms. The normalized spacial score (nSPS) is 16.3. The predicted molar refractivity (Wildman–Crippen MR) is 141 cm³/mol. The van der Waals surface area contributed by atoms with Gasteiger partial charge in [0, 0.05) is 31.1 Å². The zero-order chi connectivity index (χ0) is 23.8. The van der Waals surface area contributed by atoms with E-state index in [0.29, 0.717) is 5.82 Å². The SMILES string of the molecule is Cc1nc2sc([C@H](c3cccs3)N3CCN(C(c4ccccc4)c4ccccc4)CC3)c(O)n2n1. The Morgan fingerprint density at radius 3 is 1.94 bits per heavy atom. The van der Waals surface area contributed by atoms with Gasteiger partial charge in [-0.3, -0.25) is 9.80 Å². The molecule has 2 aromatic carbocycles. The zero-order valence-corrected chi connectivity index (χ0v) is 21.1. The van der Waals surface area contributed by atoms with Crippen molar-refractivity contribution in [2.24, 2.45) is 0 Å². The maximum atomic E-state index is 11.1. The van der Waals surface area contributed by atoms with Gasteiger partial charge in [0.25, 0.3) is 0 Å². The molecule has 1 aliphatic rings. The summed E-state index contributed by atoms with van der Waals surface area (Å²) in [6.45, 7) is 5.55. The molecule has 3 aromatic heterocycles. The molecule has 6 rings (SSSR count). The molecule has 35 heavy (non-hydrogen) atoms. The molecule has 0 spiro atoms. The van der Waals surface area contributed by atoms with Gasteiger partial charge < -0.3 is 5.11 Å². The maximum absolute atomic E-state index is 11.1. The molecule has 1 N–H and O–H groups in total. The van der Waals surface area contributed by atoms with E-state index in [2.05, 4.69) is 98.1 Å². The van der Waals surface area contributed by atoms with Crippen molar-refractivity contribution in [1.29, 1.82) is 0 Å². The van der Waals surface area contributed by atoms with Crippen LogP contribution in [0.1, 0.15) is 38.8 Å². The van der Waals surface area contributed by atoms with Gasteiger partial charge in [-0.1, -0.05) is 78.1 Å². The van der Waals surface area contributed by atoms with Gasteiger partial charge >= 0.3 is 0 Å². The minimum Gasteiger partial charge on any atom is -0.492 e. The Morgan fingerprint density at radius 2 is 1.40 bits per heavy atom. The third-order valence-electron chi connectivity index (χ3n) is 6.68. The van der Waals surface area contributed by atoms with E-state index in [1.807, 2.05) is 6.92 Å². The quantitative estimate of drug-likeness (QED) is 0.339. The highest BCUT2D eigenvalue weighted by molar-refractivity contribution is 7.17. The lowest BCUT2D eigenvalue weighted by atomic mass is 9.96. The van der Waals surface area contributed by atoms with Crippen molar-refractivity contribution in [2.45, 2.75) is 19.0 Å². The summed E-state index contributed by atoms with van der Waals surface area (Å²) < 4.78 is 1.58. The van der Waals surface area contributed by atoms with E-state index >= 15 is 0 Å². The fraction of sp³-hybridized carbons (Fsp3) is 0.259. The number of hydrogen-bond acceptors (Lipinski definition) is 7. The third kappa shape index (κ3) is 4.27. The largest absolute Gasteiger partial charge is 0.492 e. The second-order valence-electron chi connectivity index (χ2n) is 8.86. The van der Waals surface area contributed by atoms with Crippen molar-refractivity contribution in [2.75, 3.05) is 26.2 Å². The van der Waals surface area contributed by atoms with Gasteiger partial charge in [-0.05, 0) is 29.5 Å². The summed E-state index contributed by atoms with van der Waals surface area (Å²) in [5.41, 5.74) is 2.64. The summed E-state index contributed by atoms with van der Waals surface area (Å²) in [6, 6.07) is 26.1. The van der Waals surface area contributed by atoms with E-state index in [1.54, 1.807) is 15.9 Å². The Labute approximate surface area is 212 Å². The van der Waals surface area contributed by atoms with Crippen LogP contribution in [0, 0.1) is 6.92 Å². The average molecular weight is 502 g/mol.